The van der Waals surface area contributed by atoms with E-state index in [1.54, 1.807) is 27.0 Å². The number of hydrogen-bond donors (Lipinski definition) is 0. The topological polar surface area (TPSA) is 48.4 Å². The van der Waals surface area contributed by atoms with Crippen LogP contribution in [0.1, 0.15) is 26.3 Å². The van der Waals surface area contributed by atoms with E-state index in [9.17, 15) is 4.79 Å². The zero-order valence-corrected chi connectivity index (χ0v) is 16.6. The van der Waals surface area contributed by atoms with Crippen molar-refractivity contribution in [1.29, 1.82) is 0 Å². The van der Waals surface area contributed by atoms with Crippen molar-refractivity contribution >= 4 is 28.3 Å². The molecule has 4 nitrogen and oxygen atoms in total. The molecular weight excluding hydrogens is 362 g/mol. The number of aromatic nitrogens is 1. The summed E-state index contributed by atoms with van der Waals surface area (Å²) in [6.07, 6.45) is 1.79. The minimum atomic E-state index is -1.10. The minimum absolute atomic E-state index is 0.304. The van der Waals surface area contributed by atoms with Crippen molar-refractivity contribution in [2.75, 3.05) is 6.61 Å². The maximum Gasteiger partial charge on any atom is 0.349 e. The highest BCUT2D eigenvalue weighted by Gasteiger charge is 2.31. The SMILES string of the molecule is CCOC(=O)C(C)(C)Oc1ccc2c(-c3ccccc3C)cnc(Cl)c2c1. The fraction of sp³-hybridized carbons (Fsp3) is 0.273. The van der Waals surface area contributed by atoms with E-state index >= 15 is 0 Å². The molecule has 1 aromatic heterocycles. The van der Waals surface area contributed by atoms with E-state index in [2.05, 4.69) is 24.0 Å². The summed E-state index contributed by atoms with van der Waals surface area (Å²) in [6.45, 7) is 7.49. The Balaban J connectivity index is 2.05. The molecule has 1 heterocycles. The van der Waals surface area contributed by atoms with E-state index in [-0.39, 0.29) is 0 Å². The van der Waals surface area contributed by atoms with Gasteiger partial charge in [-0.15, -0.1) is 0 Å². The lowest BCUT2D eigenvalue weighted by Crippen LogP contribution is -2.39. The zero-order valence-electron chi connectivity index (χ0n) is 15.9. The van der Waals surface area contributed by atoms with Crippen molar-refractivity contribution in [3.8, 4) is 16.9 Å². The fourth-order valence-electron chi connectivity index (χ4n) is 2.98. The van der Waals surface area contributed by atoms with Gasteiger partial charge in [-0.3, -0.25) is 0 Å². The van der Waals surface area contributed by atoms with Crippen LogP contribution in [0.5, 0.6) is 5.75 Å². The molecule has 0 spiro atoms. The lowest BCUT2D eigenvalue weighted by molar-refractivity contribution is -0.158. The number of aryl methyl sites for hydroxylation is 1. The van der Waals surface area contributed by atoms with Crippen molar-refractivity contribution in [3.63, 3.8) is 0 Å². The average Bonchev–Trinajstić information content (AvgIpc) is 2.63. The Labute approximate surface area is 164 Å². The summed E-state index contributed by atoms with van der Waals surface area (Å²) in [5.41, 5.74) is 2.17. The van der Waals surface area contributed by atoms with Crippen LogP contribution in [-0.4, -0.2) is 23.2 Å². The van der Waals surface area contributed by atoms with E-state index in [0.29, 0.717) is 17.5 Å². The molecule has 140 valence electrons. The Bertz CT molecular complexity index is 998. The predicted octanol–water partition coefficient (Wildman–Crippen LogP) is 5.58. The smallest absolute Gasteiger partial charge is 0.349 e. The van der Waals surface area contributed by atoms with Gasteiger partial charge in [0, 0.05) is 17.1 Å². The molecule has 3 aromatic rings. The Morgan fingerprint density at radius 3 is 2.56 bits per heavy atom. The predicted molar refractivity (Wildman–Crippen MR) is 108 cm³/mol. The molecule has 0 unspecified atom stereocenters. The normalized spacial score (nSPS) is 11.4. The molecule has 2 aromatic carbocycles. The van der Waals surface area contributed by atoms with Gasteiger partial charge in [0.25, 0.3) is 0 Å². The van der Waals surface area contributed by atoms with Crippen LogP contribution in [0.4, 0.5) is 0 Å². The van der Waals surface area contributed by atoms with E-state index in [0.717, 1.165) is 27.5 Å². The lowest BCUT2D eigenvalue weighted by Gasteiger charge is -2.24. The Morgan fingerprint density at radius 1 is 1.11 bits per heavy atom. The summed E-state index contributed by atoms with van der Waals surface area (Å²) in [4.78, 5) is 16.4. The molecule has 5 heteroatoms. The molecule has 0 radical (unpaired) electrons. The molecule has 0 atom stereocenters. The van der Waals surface area contributed by atoms with Gasteiger partial charge in [-0.25, -0.2) is 9.78 Å². The summed E-state index contributed by atoms with van der Waals surface area (Å²) < 4.78 is 11.0. The van der Waals surface area contributed by atoms with Crippen LogP contribution in [-0.2, 0) is 9.53 Å². The second-order valence-electron chi connectivity index (χ2n) is 6.82. The van der Waals surface area contributed by atoms with Crippen LogP contribution in [0.15, 0.2) is 48.7 Å². The third-order valence-electron chi connectivity index (χ3n) is 4.39. The monoisotopic (exact) mass is 383 g/mol. The zero-order chi connectivity index (χ0) is 19.6. The molecule has 3 rings (SSSR count). The second kappa shape index (κ2) is 7.57. The molecule has 0 aliphatic rings. The average molecular weight is 384 g/mol. The molecule has 0 aliphatic heterocycles. The summed E-state index contributed by atoms with van der Waals surface area (Å²) in [5, 5.41) is 2.14. The number of fused-ring (bicyclic) bond motifs is 1. The molecule has 0 saturated heterocycles. The number of benzene rings is 2. The highest BCUT2D eigenvalue weighted by molar-refractivity contribution is 6.34. The molecule has 0 saturated carbocycles. The van der Waals surface area contributed by atoms with Crippen molar-refractivity contribution < 1.29 is 14.3 Å². The molecule has 0 fully saturated rings. The summed E-state index contributed by atoms with van der Waals surface area (Å²) in [5.74, 6) is 0.120. The van der Waals surface area contributed by atoms with E-state index in [1.165, 1.54) is 0 Å². The first kappa shape index (κ1) is 19.2. The van der Waals surface area contributed by atoms with E-state index in [4.69, 9.17) is 21.1 Å². The number of carbonyl (C=O) groups excluding carboxylic acids is 1. The summed E-state index contributed by atoms with van der Waals surface area (Å²) in [7, 11) is 0. The number of halogens is 1. The third kappa shape index (κ3) is 3.91. The van der Waals surface area contributed by atoms with Gasteiger partial charge in [0.15, 0.2) is 5.60 Å². The number of hydrogen-bond acceptors (Lipinski definition) is 4. The first-order chi connectivity index (χ1) is 12.8. The lowest BCUT2D eigenvalue weighted by atomic mass is 9.97. The Morgan fingerprint density at radius 2 is 1.85 bits per heavy atom. The number of nitrogens with zero attached hydrogens (tertiary/aromatic N) is 1. The second-order valence-corrected chi connectivity index (χ2v) is 7.18. The third-order valence-corrected chi connectivity index (χ3v) is 4.69. The van der Waals surface area contributed by atoms with E-state index < -0.39 is 11.6 Å². The molecule has 27 heavy (non-hydrogen) atoms. The molecule has 0 bridgehead atoms. The Kier molecular flexibility index (Phi) is 5.38. The minimum Gasteiger partial charge on any atom is -0.476 e. The van der Waals surface area contributed by atoms with Gasteiger partial charge < -0.3 is 9.47 Å². The Hall–Kier alpha value is -2.59. The number of rotatable bonds is 5. The van der Waals surface area contributed by atoms with Crippen LogP contribution >= 0.6 is 11.6 Å². The van der Waals surface area contributed by atoms with Gasteiger partial charge in [0.1, 0.15) is 10.9 Å². The number of carbonyl (C=O) groups is 1. The van der Waals surface area contributed by atoms with Crippen LogP contribution in [0, 0.1) is 6.92 Å². The maximum absolute atomic E-state index is 12.1. The number of pyridine rings is 1. The first-order valence-electron chi connectivity index (χ1n) is 8.84. The van der Waals surface area contributed by atoms with Crippen molar-refractivity contribution in [2.24, 2.45) is 0 Å². The number of esters is 1. The van der Waals surface area contributed by atoms with Crippen molar-refractivity contribution in [2.45, 2.75) is 33.3 Å². The van der Waals surface area contributed by atoms with Gasteiger partial charge in [0.2, 0.25) is 0 Å². The standard InChI is InChI=1S/C22H22ClNO3/c1-5-26-21(25)22(3,4)27-15-10-11-17-18(12-15)20(23)24-13-19(17)16-9-7-6-8-14(16)2/h6-13H,5H2,1-4H3. The van der Waals surface area contributed by atoms with Crippen molar-refractivity contribution in [1.82, 2.24) is 4.98 Å². The molecule has 0 N–H and O–H groups in total. The van der Waals surface area contributed by atoms with Crippen LogP contribution in [0.25, 0.3) is 21.9 Å². The molecular formula is C22H22ClNO3. The molecule has 0 aliphatic carbocycles. The van der Waals surface area contributed by atoms with Gasteiger partial charge in [-0.2, -0.15) is 0 Å². The van der Waals surface area contributed by atoms with E-state index in [1.807, 2.05) is 30.3 Å². The number of ether oxygens (including phenoxy) is 2. The largest absolute Gasteiger partial charge is 0.476 e. The quantitative estimate of drug-likeness (QED) is 0.426. The van der Waals surface area contributed by atoms with Crippen LogP contribution in [0.2, 0.25) is 5.15 Å². The van der Waals surface area contributed by atoms with Crippen LogP contribution in [0.3, 0.4) is 0 Å². The first-order valence-corrected chi connectivity index (χ1v) is 9.22. The van der Waals surface area contributed by atoms with Gasteiger partial charge >= 0.3 is 5.97 Å². The fourth-order valence-corrected chi connectivity index (χ4v) is 3.19. The highest BCUT2D eigenvalue weighted by atomic mass is 35.5. The summed E-state index contributed by atoms with van der Waals surface area (Å²) in [6, 6.07) is 13.7. The van der Waals surface area contributed by atoms with Gasteiger partial charge in [0.05, 0.1) is 6.61 Å². The summed E-state index contributed by atoms with van der Waals surface area (Å²) >= 11 is 6.35. The highest BCUT2D eigenvalue weighted by Crippen LogP contribution is 2.35. The maximum atomic E-state index is 12.1. The molecule has 0 amide bonds. The van der Waals surface area contributed by atoms with Crippen LogP contribution < -0.4 is 4.74 Å². The van der Waals surface area contributed by atoms with Gasteiger partial charge in [-0.05, 0) is 62.4 Å². The van der Waals surface area contributed by atoms with Crippen molar-refractivity contribution in [3.05, 3.63) is 59.4 Å². The van der Waals surface area contributed by atoms with Gasteiger partial charge in [-0.1, -0.05) is 35.9 Å².